The number of unbranched alkanes of at least 4 members (excludes halogenated alkanes) is 4. The maximum Gasteiger partial charge on any atom is 0.0810 e. The number of nitrogens with zero attached hydrogens (tertiary/aromatic N) is 1. The van der Waals surface area contributed by atoms with E-state index < -0.39 is 0 Å². The second kappa shape index (κ2) is 12.4. The zero-order chi connectivity index (χ0) is 14.5. The number of hydrogen-bond acceptors (Lipinski definition) is 2. The smallest absolute Gasteiger partial charge is 0.0810 e. The normalized spacial score (nSPS) is 11.9. The zero-order valence-corrected chi connectivity index (χ0v) is 13.1. The van der Waals surface area contributed by atoms with Gasteiger partial charge in [0.2, 0.25) is 0 Å². The third kappa shape index (κ3) is 9.85. The van der Waals surface area contributed by atoms with Crippen LogP contribution >= 0.6 is 12.2 Å². The zero-order valence-electron chi connectivity index (χ0n) is 12.3. The van der Waals surface area contributed by atoms with Gasteiger partial charge < -0.3 is 10.0 Å². The SMILES string of the molecule is C=CCN(CC=C)C(=S)C[C@@H](O)CCCCCCC. The number of rotatable bonds is 12. The first kappa shape index (κ1) is 18.3. The van der Waals surface area contributed by atoms with Crippen LogP contribution in [-0.4, -0.2) is 34.2 Å². The van der Waals surface area contributed by atoms with Crippen LogP contribution in [0.5, 0.6) is 0 Å². The summed E-state index contributed by atoms with van der Waals surface area (Å²) in [7, 11) is 0. The molecular formula is C16H29NOS. The largest absolute Gasteiger partial charge is 0.393 e. The molecule has 0 aliphatic rings. The molecule has 0 saturated heterocycles. The monoisotopic (exact) mass is 283 g/mol. The fraction of sp³-hybridized carbons (Fsp3) is 0.688. The standard InChI is InChI=1S/C16H29NOS/c1-4-7-8-9-10-11-15(18)14-16(19)17(12-5-2)13-6-3/h5-6,15,18H,2-4,7-14H2,1H3/t15-/m0/s1. The van der Waals surface area contributed by atoms with E-state index in [1.165, 1.54) is 25.7 Å². The van der Waals surface area contributed by atoms with Crippen molar-refractivity contribution in [2.75, 3.05) is 13.1 Å². The molecule has 1 atom stereocenters. The van der Waals surface area contributed by atoms with Crippen molar-refractivity contribution in [3.05, 3.63) is 25.3 Å². The summed E-state index contributed by atoms with van der Waals surface area (Å²) in [5, 5.41) is 10.00. The van der Waals surface area contributed by atoms with Crippen LogP contribution in [0, 0.1) is 0 Å². The molecule has 0 spiro atoms. The van der Waals surface area contributed by atoms with Gasteiger partial charge in [-0.05, 0) is 6.42 Å². The lowest BCUT2D eigenvalue weighted by Gasteiger charge is -2.24. The van der Waals surface area contributed by atoms with E-state index in [0.29, 0.717) is 19.5 Å². The molecule has 0 aliphatic carbocycles. The van der Waals surface area contributed by atoms with Crippen molar-refractivity contribution in [3.63, 3.8) is 0 Å². The first-order chi connectivity index (χ1) is 9.15. The molecule has 0 rings (SSSR count). The van der Waals surface area contributed by atoms with E-state index in [9.17, 15) is 5.11 Å². The maximum atomic E-state index is 10.00. The van der Waals surface area contributed by atoms with Crippen LogP contribution in [0.15, 0.2) is 25.3 Å². The lowest BCUT2D eigenvalue weighted by Crippen LogP contribution is -2.32. The minimum absolute atomic E-state index is 0.314. The summed E-state index contributed by atoms with van der Waals surface area (Å²) in [6, 6.07) is 0. The molecule has 0 unspecified atom stereocenters. The van der Waals surface area contributed by atoms with E-state index in [0.717, 1.165) is 17.8 Å². The number of hydrogen-bond donors (Lipinski definition) is 1. The maximum absolute atomic E-state index is 10.00. The Morgan fingerprint density at radius 3 is 2.26 bits per heavy atom. The lowest BCUT2D eigenvalue weighted by molar-refractivity contribution is 0.165. The Morgan fingerprint density at radius 2 is 1.74 bits per heavy atom. The minimum Gasteiger partial charge on any atom is -0.393 e. The van der Waals surface area contributed by atoms with Gasteiger partial charge in [-0.2, -0.15) is 0 Å². The molecule has 0 saturated carbocycles. The number of thiocarbonyl (C=S) groups is 1. The van der Waals surface area contributed by atoms with Crippen molar-refractivity contribution in [1.82, 2.24) is 4.90 Å². The van der Waals surface area contributed by atoms with Crippen molar-refractivity contribution >= 4 is 17.2 Å². The van der Waals surface area contributed by atoms with Crippen molar-refractivity contribution < 1.29 is 5.11 Å². The van der Waals surface area contributed by atoms with Gasteiger partial charge in [0.05, 0.1) is 11.1 Å². The van der Waals surface area contributed by atoms with E-state index >= 15 is 0 Å². The Hall–Kier alpha value is -0.670. The summed E-state index contributed by atoms with van der Waals surface area (Å²) < 4.78 is 0. The topological polar surface area (TPSA) is 23.5 Å². The molecular weight excluding hydrogens is 254 g/mol. The second-order valence-corrected chi connectivity index (χ2v) is 5.41. The average molecular weight is 283 g/mol. The first-order valence-corrected chi connectivity index (χ1v) is 7.74. The molecule has 0 aliphatic heterocycles. The van der Waals surface area contributed by atoms with Crippen molar-refractivity contribution in [2.24, 2.45) is 0 Å². The highest BCUT2D eigenvalue weighted by molar-refractivity contribution is 7.80. The molecule has 0 fully saturated rings. The number of aliphatic hydroxyl groups excluding tert-OH is 1. The third-order valence-electron chi connectivity index (χ3n) is 3.10. The third-order valence-corrected chi connectivity index (χ3v) is 3.53. The molecule has 0 aromatic rings. The molecule has 0 aromatic heterocycles. The van der Waals surface area contributed by atoms with Crippen LogP contribution < -0.4 is 0 Å². The Morgan fingerprint density at radius 1 is 1.16 bits per heavy atom. The highest BCUT2D eigenvalue weighted by Gasteiger charge is 2.12. The molecule has 0 heterocycles. The Bertz CT molecular complexity index is 255. The highest BCUT2D eigenvalue weighted by Crippen LogP contribution is 2.11. The Balaban J connectivity index is 3.88. The van der Waals surface area contributed by atoms with Crippen LogP contribution in [0.25, 0.3) is 0 Å². The summed E-state index contributed by atoms with van der Waals surface area (Å²) in [5.74, 6) is 0. The van der Waals surface area contributed by atoms with Gasteiger partial charge >= 0.3 is 0 Å². The average Bonchev–Trinajstić information content (AvgIpc) is 2.38. The second-order valence-electron chi connectivity index (χ2n) is 4.94. The van der Waals surface area contributed by atoms with Gasteiger partial charge in [0, 0.05) is 19.5 Å². The van der Waals surface area contributed by atoms with Crippen molar-refractivity contribution in [1.29, 1.82) is 0 Å². The van der Waals surface area contributed by atoms with E-state index in [2.05, 4.69) is 20.1 Å². The van der Waals surface area contributed by atoms with E-state index in [1.54, 1.807) is 0 Å². The molecule has 0 aromatic carbocycles. The highest BCUT2D eigenvalue weighted by atomic mass is 32.1. The van der Waals surface area contributed by atoms with E-state index in [4.69, 9.17) is 12.2 Å². The molecule has 0 radical (unpaired) electrons. The van der Waals surface area contributed by atoms with Gasteiger partial charge in [0.1, 0.15) is 0 Å². The summed E-state index contributed by atoms with van der Waals surface area (Å²) in [6.45, 7) is 11.1. The Labute approximate surface area is 124 Å². The van der Waals surface area contributed by atoms with Crippen LogP contribution in [0.1, 0.15) is 51.9 Å². The molecule has 0 amide bonds. The van der Waals surface area contributed by atoms with Gasteiger partial charge in [-0.25, -0.2) is 0 Å². The van der Waals surface area contributed by atoms with Crippen molar-refractivity contribution in [2.45, 2.75) is 58.0 Å². The van der Waals surface area contributed by atoms with Crippen LogP contribution in [0.2, 0.25) is 0 Å². The predicted molar refractivity (Wildman–Crippen MR) is 88.6 cm³/mol. The Kier molecular flexibility index (Phi) is 11.9. The van der Waals surface area contributed by atoms with E-state index in [1.807, 2.05) is 17.1 Å². The number of aliphatic hydroxyl groups is 1. The molecule has 1 N–H and O–H groups in total. The van der Waals surface area contributed by atoms with Gasteiger partial charge in [-0.15, -0.1) is 13.2 Å². The van der Waals surface area contributed by atoms with E-state index in [-0.39, 0.29) is 6.10 Å². The molecule has 110 valence electrons. The predicted octanol–water partition coefficient (Wildman–Crippen LogP) is 4.10. The van der Waals surface area contributed by atoms with Gasteiger partial charge in [0.25, 0.3) is 0 Å². The fourth-order valence-corrected chi connectivity index (χ4v) is 2.35. The van der Waals surface area contributed by atoms with Gasteiger partial charge in [-0.3, -0.25) is 0 Å². The fourth-order valence-electron chi connectivity index (χ4n) is 2.01. The van der Waals surface area contributed by atoms with Gasteiger partial charge in [0.15, 0.2) is 0 Å². The lowest BCUT2D eigenvalue weighted by atomic mass is 10.1. The van der Waals surface area contributed by atoms with Crippen LogP contribution in [0.4, 0.5) is 0 Å². The van der Waals surface area contributed by atoms with Crippen molar-refractivity contribution in [3.8, 4) is 0 Å². The molecule has 2 nitrogen and oxygen atoms in total. The van der Waals surface area contributed by atoms with Crippen LogP contribution in [0.3, 0.4) is 0 Å². The quantitative estimate of drug-likeness (QED) is 0.331. The molecule has 3 heteroatoms. The summed E-state index contributed by atoms with van der Waals surface area (Å²) in [5.41, 5.74) is 0. The first-order valence-electron chi connectivity index (χ1n) is 7.33. The van der Waals surface area contributed by atoms with Gasteiger partial charge in [-0.1, -0.05) is 63.4 Å². The molecule has 19 heavy (non-hydrogen) atoms. The summed E-state index contributed by atoms with van der Waals surface area (Å²) >= 11 is 5.37. The summed E-state index contributed by atoms with van der Waals surface area (Å²) in [4.78, 5) is 2.83. The van der Waals surface area contributed by atoms with Crippen LogP contribution in [-0.2, 0) is 0 Å². The summed E-state index contributed by atoms with van der Waals surface area (Å²) in [6.07, 6.45) is 10.9. The minimum atomic E-state index is -0.314. The molecule has 0 bridgehead atoms.